The molecular weight excluding hydrogens is 270 g/mol. The van der Waals surface area contributed by atoms with Crippen LogP contribution in [0.5, 0.6) is 5.75 Å². The maximum Gasteiger partial charge on any atom is 0.311 e. The molecule has 2 atom stereocenters. The Balaban J connectivity index is 2.08. The van der Waals surface area contributed by atoms with E-state index in [0.717, 1.165) is 18.8 Å². The summed E-state index contributed by atoms with van der Waals surface area (Å²) in [4.78, 5) is 10.6. The number of hydrogen-bond acceptors (Lipinski definition) is 5. The molecule has 2 N–H and O–H groups in total. The lowest BCUT2D eigenvalue weighted by atomic mass is 9.92. The van der Waals surface area contributed by atoms with Gasteiger partial charge in [0.1, 0.15) is 0 Å². The van der Waals surface area contributed by atoms with Crippen molar-refractivity contribution in [2.45, 2.75) is 32.7 Å². The van der Waals surface area contributed by atoms with E-state index in [1.54, 1.807) is 12.1 Å². The summed E-state index contributed by atoms with van der Waals surface area (Å²) in [6.07, 6.45) is 2.40. The van der Waals surface area contributed by atoms with Crippen LogP contribution in [0.3, 0.4) is 0 Å². The van der Waals surface area contributed by atoms with E-state index in [1.807, 2.05) is 6.92 Å². The first-order valence-electron chi connectivity index (χ1n) is 7.50. The summed E-state index contributed by atoms with van der Waals surface area (Å²) in [5.41, 5.74) is 0.872. The molecule has 116 valence electrons. The monoisotopic (exact) mass is 293 g/mol. The Morgan fingerprint density at radius 1 is 1.57 bits per heavy atom. The van der Waals surface area contributed by atoms with Crippen molar-refractivity contribution >= 4 is 11.4 Å². The zero-order chi connectivity index (χ0) is 15.2. The van der Waals surface area contributed by atoms with Gasteiger partial charge in [-0.1, -0.05) is 0 Å². The Morgan fingerprint density at radius 3 is 3.00 bits per heavy atom. The molecule has 0 spiro atoms. The molecule has 0 aromatic heterocycles. The van der Waals surface area contributed by atoms with E-state index >= 15 is 0 Å². The number of anilines is 1. The summed E-state index contributed by atoms with van der Waals surface area (Å²) < 4.78 is 5.37. The van der Waals surface area contributed by atoms with Gasteiger partial charge in [-0.05, 0) is 51.8 Å². The highest BCUT2D eigenvalue weighted by atomic mass is 16.6. The lowest BCUT2D eigenvalue weighted by Gasteiger charge is -2.29. The van der Waals surface area contributed by atoms with Gasteiger partial charge >= 0.3 is 5.69 Å². The molecule has 1 aliphatic rings. The molecule has 2 rings (SSSR count). The second-order valence-corrected chi connectivity index (χ2v) is 5.41. The summed E-state index contributed by atoms with van der Waals surface area (Å²) in [7, 11) is 0. The predicted molar refractivity (Wildman–Crippen MR) is 82.9 cm³/mol. The topological polar surface area (TPSA) is 76.4 Å². The molecule has 1 aromatic rings. The van der Waals surface area contributed by atoms with Gasteiger partial charge < -0.3 is 15.4 Å². The average molecular weight is 293 g/mol. The predicted octanol–water partition coefficient (Wildman–Crippen LogP) is 2.79. The van der Waals surface area contributed by atoms with Gasteiger partial charge in [-0.15, -0.1) is 0 Å². The fourth-order valence-electron chi connectivity index (χ4n) is 2.71. The van der Waals surface area contributed by atoms with E-state index in [0.29, 0.717) is 24.3 Å². The standard InChI is InChI=1S/C15H23N3O3/c1-3-21-15-9-13(6-7-14(15)18(19)20)17-11(2)12-5-4-8-16-10-12/h6-7,9,11-12,16-17H,3-5,8,10H2,1-2H3. The van der Waals surface area contributed by atoms with Gasteiger partial charge in [0.05, 0.1) is 11.5 Å². The van der Waals surface area contributed by atoms with E-state index in [-0.39, 0.29) is 5.69 Å². The van der Waals surface area contributed by atoms with Crippen molar-refractivity contribution in [3.05, 3.63) is 28.3 Å². The van der Waals surface area contributed by atoms with Crippen LogP contribution in [0.4, 0.5) is 11.4 Å². The molecule has 1 aliphatic heterocycles. The summed E-state index contributed by atoms with van der Waals surface area (Å²) in [6, 6.07) is 5.27. The van der Waals surface area contributed by atoms with Crippen molar-refractivity contribution in [1.82, 2.24) is 5.32 Å². The van der Waals surface area contributed by atoms with Crippen molar-refractivity contribution in [1.29, 1.82) is 0 Å². The van der Waals surface area contributed by atoms with Crippen molar-refractivity contribution in [3.63, 3.8) is 0 Å². The van der Waals surface area contributed by atoms with Gasteiger partial charge in [0.2, 0.25) is 0 Å². The number of hydrogen-bond donors (Lipinski definition) is 2. The van der Waals surface area contributed by atoms with E-state index in [4.69, 9.17) is 4.74 Å². The normalized spacial score (nSPS) is 19.8. The van der Waals surface area contributed by atoms with E-state index in [2.05, 4.69) is 17.6 Å². The maximum absolute atomic E-state index is 11.0. The third-order valence-corrected chi connectivity index (χ3v) is 3.89. The summed E-state index contributed by atoms with van der Waals surface area (Å²) >= 11 is 0. The van der Waals surface area contributed by atoms with Gasteiger partial charge in [-0.3, -0.25) is 10.1 Å². The molecule has 0 saturated carbocycles. The van der Waals surface area contributed by atoms with E-state index in [1.165, 1.54) is 18.9 Å². The molecule has 0 aliphatic carbocycles. The average Bonchev–Trinajstić information content (AvgIpc) is 2.48. The van der Waals surface area contributed by atoms with Crippen molar-refractivity contribution < 1.29 is 9.66 Å². The van der Waals surface area contributed by atoms with Crippen LogP contribution in [0.2, 0.25) is 0 Å². The van der Waals surface area contributed by atoms with E-state index in [9.17, 15) is 10.1 Å². The lowest BCUT2D eigenvalue weighted by molar-refractivity contribution is -0.385. The van der Waals surface area contributed by atoms with Crippen LogP contribution >= 0.6 is 0 Å². The van der Waals surface area contributed by atoms with Gasteiger partial charge in [-0.25, -0.2) is 0 Å². The van der Waals surface area contributed by atoms with Crippen LogP contribution in [0, 0.1) is 16.0 Å². The first-order chi connectivity index (χ1) is 10.1. The largest absolute Gasteiger partial charge is 0.487 e. The highest BCUT2D eigenvalue weighted by Crippen LogP contribution is 2.31. The van der Waals surface area contributed by atoms with Crippen LogP contribution in [-0.2, 0) is 0 Å². The number of benzene rings is 1. The Labute approximate surface area is 125 Å². The number of nitrogens with one attached hydrogen (secondary N) is 2. The Hall–Kier alpha value is -1.82. The molecule has 2 unspecified atom stereocenters. The first kappa shape index (κ1) is 15.6. The maximum atomic E-state index is 11.0. The minimum atomic E-state index is -0.413. The summed E-state index contributed by atoms with van der Waals surface area (Å²) in [5, 5.41) is 17.8. The van der Waals surface area contributed by atoms with E-state index < -0.39 is 4.92 Å². The summed E-state index contributed by atoms with van der Waals surface area (Å²) in [6.45, 7) is 6.49. The lowest BCUT2D eigenvalue weighted by Crippen LogP contribution is -2.38. The number of nitro benzene ring substituents is 1. The zero-order valence-electron chi connectivity index (χ0n) is 12.6. The van der Waals surface area contributed by atoms with Crippen molar-refractivity contribution in [2.24, 2.45) is 5.92 Å². The number of rotatable bonds is 6. The van der Waals surface area contributed by atoms with Crippen LogP contribution in [0.1, 0.15) is 26.7 Å². The molecule has 6 nitrogen and oxygen atoms in total. The van der Waals surface area contributed by atoms with Crippen molar-refractivity contribution in [3.8, 4) is 5.75 Å². The molecule has 1 aromatic carbocycles. The minimum absolute atomic E-state index is 0.00869. The molecule has 1 fully saturated rings. The molecule has 0 amide bonds. The van der Waals surface area contributed by atoms with Crippen LogP contribution in [-0.4, -0.2) is 30.7 Å². The minimum Gasteiger partial charge on any atom is -0.487 e. The van der Waals surface area contributed by atoms with Crippen LogP contribution in [0.25, 0.3) is 0 Å². The highest BCUT2D eigenvalue weighted by Gasteiger charge is 2.21. The van der Waals surface area contributed by atoms with Crippen LogP contribution < -0.4 is 15.4 Å². The smallest absolute Gasteiger partial charge is 0.311 e. The second kappa shape index (κ2) is 7.26. The SMILES string of the molecule is CCOc1cc(NC(C)C2CCCNC2)ccc1[N+](=O)[O-]. The number of nitrogens with zero attached hydrogens (tertiary/aromatic N) is 1. The van der Waals surface area contributed by atoms with Crippen LogP contribution in [0.15, 0.2) is 18.2 Å². The van der Waals surface area contributed by atoms with Gasteiger partial charge in [0.25, 0.3) is 0 Å². The van der Waals surface area contributed by atoms with Gasteiger partial charge in [0, 0.05) is 23.9 Å². The Morgan fingerprint density at radius 2 is 2.38 bits per heavy atom. The molecule has 21 heavy (non-hydrogen) atoms. The van der Waals surface area contributed by atoms with Gasteiger partial charge in [0.15, 0.2) is 5.75 Å². The van der Waals surface area contributed by atoms with Crippen molar-refractivity contribution in [2.75, 3.05) is 25.0 Å². The quantitative estimate of drug-likeness (QED) is 0.623. The Kier molecular flexibility index (Phi) is 5.38. The summed E-state index contributed by atoms with van der Waals surface area (Å²) in [5.74, 6) is 0.894. The first-order valence-corrected chi connectivity index (χ1v) is 7.50. The molecule has 1 saturated heterocycles. The number of nitro groups is 1. The fourth-order valence-corrected chi connectivity index (χ4v) is 2.71. The fraction of sp³-hybridized carbons (Fsp3) is 0.600. The third-order valence-electron chi connectivity index (χ3n) is 3.89. The Bertz CT molecular complexity index is 487. The number of ether oxygens (including phenoxy) is 1. The highest BCUT2D eigenvalue weighted by molar-refractivity contribution is 5.58. The number of piperidine rings is 1. The molecule has 6 heteroatoms. The molecular formula is C15H23N3O3. The molecule has 1 heterocycles. The molecule has 0 bridgehead atoms. The van der Waals surface area contributed by atoms with Gasteiger partial charge in [-0.2, -0.15) is 0 Å². The second-order valence-electron chi connectivity index (χ2n) is 5.41. The third kappa shape index (κ3) is 4.07. The molecule has 0 radical (unpaired) electrons. The zero-order valence-corrected chi connectivity index (χ0v) is 12.6.